The van der Waals surface area contributed by atoms with Gasteiger partial charge in [-0.15, -0.1) is 0 Å². The number of hydrogen-bond donors (Lipinski definition) is 1. The summed E-state index contributed by atoms with van der Waals surface area (Å²) < 4.78 is 5.04. The smallest absolute Gasteiger partial charge is 0.413 e. The maximum atomic E-state index is 11.4. The normalized spacial score (nSPS) is 9.65. The Labute approximate surface area is 99.3 Å². The molecule has 0 fully saturated rings. The van der Waals surface area contributed by atoms with E-state index in [1.807, 2.05) is 30.3 Å². The molecule has 0 aliphatic heterocycles. The molecular formula is C13H12N2O2. The summed E-state index contributed by atoms with van der Waals surface area (Å²) in [6.45, 7) is 0.250. The van der Waals surface area contributed by atoms with E-state index in [1.54, 1.807) is 24.4 Å². The van der Waals surface area contributed by atoms with E-state index in [9.17, 15) is 4.79 Å². The van der Waals surface area contributed by atoms with Gasteiger partial charge in [-0.25, -0.2) is 9.78 Å². The first-order chi connectivity index (χ1) is 8.34. The third kappa shape index (κ3) is 3.61. The molecule has 0 saturated heterocycles. The maximum absolute atomic E-state index is 11.4. The van der Waals surface area contributed by atoms with Crippen LogP contribution in [0.1, 0.15) is 5.56 Å². The van der Waals surface area contributed by atoms with Crippen LogP contribution < -0.4 is 5.32 Å². The Balaban J connectivity index is 1.83. The molecule has 0 unspecified atom stereocenters. The van der Waals surface area contributed by atoms with E-state index >= 15 is 0 Å². The molecule has 86 valence electrons. The third-order valence-corrected chi connectivity index (χ3v) is 2.11. The fraction of sp³-hybridized carbons (Fsp3) is 0.0769. The highest BCUT2D eigenvalue weighted by Gasteiger charge is 2.03. The van der Waals surface area contributed by atoms with Gasteiger partial charge in [-0.05, 0) is 17.7 Å². The number of amides is 1. The van der Waals surface area contributed by atoms with Crippen molar-refractivity contribution in [1.82, 2.24) is 4.98 Å². The van der Waals surface area contributed by atoms with Crippen molar-refractivity contribution >= 4 is 11.9 Å². The lowest BCUT2D eigenvalue weighted by Crippen LogP contribution is -2.14. The SMILES string of the molecule is O=C(Nc1ccccn1)OCc1ccccc1. The highest BCUT2D eigenvalue weighted by atomic mass is 16.5. The van der Waals surface area contributed by atoms with Gasteiger partial charge < -0.3 is 4.74 Å². The molecule has 1 aromatic heterocycles. The van der Waals surface area contributed by atoms with Crippen LogP contribution in [0, 0.1) is 0 Å². The van der Waals surface area contributed by atoms with Crippen molar-refractivity contribution in [1.29, 1.82) is 0 Å². The molecule has 2 aromatic rings. The molecule has 1 N–H and O–H groups in total. The number of ether oxygens (including phenoxy) is 1. The van der Waals surface area contributed by atoms with Gasteiger partial charge in [-0.1, -0.05) is 36.4 Å². The Morgan fingerprint density at radius 2 is 1.88 bits per heavy atom. The van der Waals surface area contributed by atoms with Gasteiger partial charge in [-0.3, -0.25) is 5.32 Å². The monoisotopic (exact) mass is 228 g/mol. The summed E-state index contributed by atoms with van der Waals surface area (Å²) in [6, 6.07) is 14.8. The van der Waals surface area contributed by atoms with E-state index < -0.39 is 6.09 Å². The van der Waals surface area contributed by atoms with E-state index in [0.717, 1.165) is 5.56 Å². The summed E-state index contributed by atoms with van der Waals surface area (Å²) in [5, 5.41) is 2.54. The zero-order valence-electron chi connectivity index (χ0n) is 9.17. The number of nitrogens with one attached hydrogen (secondary N) is 1. The number of carbonyl (C=O) groups is 1. The molecule has 0 aliphatic rings. The topological polar surface area (TPSA) is 51.2 Å². The highest BCUT2D eigenvalue weighted by Crippen LogP contribution is 2.04. The molecule has 4 nitrogen and oxygen atoms in total. The van der Waals surface area contributed by atoms with Crippen molar-refractivity contribution in [2.24, 2.45) is 0 Å². The number of anilines is 1. The molecular weight excluding hydrogens is 216 g/mol. The zero-order chi connectivity index (χ0) is 11.9. The number of nitrogens with zero attached hydrogens (tertiary/aromatic N) is 1. The van der Waals surface area contributed by atoms with Gasteiger partial charge in [0.15, 0.2) is 0 Å². The minimum atomic E-state index is -0.507. The first-order valence-electron chi connectivity index (χ1n) is 5.23. The fourth-order valence-corrected chi connectivity index (χ4v) is 1.30. The van der Waals surface area contributed by atoms with E-state index in [2.05, 4.69) is 10.3 Å². The maximum Gasteiger partial charge on any atom is 0.413 e. The molecule has 17 heavy (non-hydrogen) atoms. The standard InChI is InChI=1S/C13H12N2O2/c16-13(15-12-8-4-5-9-14-12)17-10-11-6-2-1-3-7-11/h1-9H,10H2,(H,14,15,16). The Morgan fingerprint density at radius 1 is 1.12 bits per heavy atom. The lowest BCUT2D eigenvalue weighted by atomic mass is 10.2. The van der Waals surface area contributed by atoms with Crippen LogP contribution >= 0.6 is 0 Å². The Bertz CT molecular complexity index is 471. The summed E-state index contributed by atoms with van der Waals surface area (Å²) in [6.07, 6.45) is 1.10. The van der Waals surface area contributed by atoms with Crippen LogP contribution in [0.4, 0.5) is 10.6 Å². The average Bonchev–Trinajstić information content (AvgIpc) is 2.39. The predicted octanol–water partition coefficient (Wildman–Crippen LogP) is 2.83. The molecule has 0 spiro atoms. The van der Waals surface area contributed by atoms with Gasteiger partial charge in [0, 0.05) is 6.20 Å². The van der Waals surface area contributed by atoms with Crippen LogP contribution in [0.2, 0.25) is 0 Å². The summed E-state index contributed by atoms with van der Waals surface area (Å²) in [5.41, 5.74) is 0.948. The first kappa shape index (κ1) is 11.1. The fourth-order valence-electron chi connectivity index (χ4n) is 1.30. The van der Waals surface area contributed by atoms with E-state index in [4.69, 9.17) is 4.74 Å². The van der Waals surface area contributed by atoms with Crippen molar-refractivity contribution < 1.29 is 9.53 Å². The summed E-state index contributed by atoms with van der Waals surface area (Å²) in [4.78, 5) is 15.4. The second-order valence-electron chi connectivity index (χ2n) is 3.40. The Kier molecular flexibility index (Phi) is 3.70. The second kappa shape index (κ2) is 5.65. The number of pyridine rings is 1. The molecule has 1 aromatic carbocycles. The number of carbonyl (C=O) groups excluding carboxylic acids is 1. The van der Waals surface area contributed by atoms with Crippen molar-refractivity contribution in [3.63, 3.8) is 0 Å². The molecule has 0 saturated carbocycles. The van der Waals surface area contributed by atoms with Crippen LogP contribution in [0.3, 0.4) is 0 Å². The van der Waals surface area contributed by atoms with E-state index in [0.29, 0.717) is 5.82 Å². The van der Waals surface area contributed by atoms with Crippen molar-refractivity contribution in [2.45, 2.75) is 6.61 Å². The lowest BCUT2D eigenvalue weighted by molar-refractivity contribution is 0.155. The van der Waals surface area contributed by atoms with Crippen LogP contribution in [0.25, 0.3) is 0 Å². The van der Waals surface area contributed by atoms with Crippen molar-refractivity contribution in [3.05, 3.63) is 60.3 Å². The largest absolute Gasteiger partial charge is 0.444 e. The second-order valence-corrected chi connectivity index (χ2v) is 3.40. The molecule has 0 radical (unpaired) electrons. The molecule has 1 heterocycles. The van der Waals surface area contributed by atoms with Gasteiger partial charge in [-0.2, -0.15) is 0 Å². The van der Waals surface area contributed by atoms with Crippen LogP contribution in [-0.4, -0.2) is 11.1 Å². The quantitative estimate of drug-likeness (QED) is 0.878. The van der Waals surface area contributed by atoms with Gasteiger partial charge in [0.1, 0.15) is 12.4 Å². The Morgan fingerprint density at radius 3 is 2.59 bits per heavy atom. The minimum Gasteiger partial charge on any atom is -0.444 e. The van der Waals surface area contributed by atoms with Gasteiger partial charge >= 0.3 is 6.09 Å². The minimum absolute atomic E-state index is 0.250. The highest BCUT2D eigenvalue weighted by molar-refractivity contribution is 5.83. The zero-order valence-corrected chi connectivity index (χ0v) is 9.17. The Hall–Kier alpha value is -2.36. The predicted molar refractivity (Wildman–Crippen MR) is 64.5 cm³/mol. The van der Waals surface area contributed by atoms with Gasteiger partial charge in [0.05, 0.1) is 0 Å². The number of rotatable bonds is 3. The van der Waals surface area contributed by atoms with Crippen molar-refractivity contribution in [3.8, 4) is 0 Å². The summed E-state index contributed by atoms with van der Waals surface area (Å²) >= 11 is 0. The molecule has 0 atom stereocenters. The van der Waals surface area contributed by atoms with Crippen LogP contribution in [0.15, 0.2) is 54.7 Å². The number of benzene rings is 1. The van der Waals surface area contributed by atoms with Gasteiger partial charge in [0.25, 0.3) is 0 Å². The lowest BCUT2D eigenvalue weighted by Gasteiger charge is -2.05. The molecule has 2 rings (SSSR count). The first-order valence-corrected chi connectivity index (χ1v) is 5.23. The van der Waals surface area contributed by atoms with Crippen molar-refractivity contribution in [2.75, 3.05) is 5.32 Å². The van der Waals surface area contributed by atoms with Crippen LogP contribution in [-0.2, 0) is 11.3 Å². The van der Waals surface area contributed by atoms with E-state index in [1.165, 1.54) is 0 Å². The number of hydrogen-bond acceptors (Lipinski definition) is 3. The average molecular weight is 228 g/mol. The molecule has 0 bridgehead atoms. The third-order valence-electron chi connectivity index (χ3n) is 2.11. The van der Waals surface area contributed by atoms with Gasteiger partial charge in [0.2, 0.25) is 0 Å². The summed E-state index contributed by atoms with van der Waals surface area (Å²) in [7, 11) is 0. The van der Waals surface area contributed by atoms with Crippen LogP contribution in [0.5, 0.6) is 0 Å². The molecule has 4 heteroatoms. The summed E-state index contributed by atoms with van der Waals surface area (Å²) in [5.74, 6) is 0.477. The molecule has 0 aliphatic carbocycles. The molecule has 1 amide bonds. The number of aromatic nitrogens is 1. The van der Waals surface area contributed by atoms with E-state index in [-0.39, 0.29) is 6.61 Å².